The molecule has 1 aromatic carbocycles. The van der Waals surface area contributed by atoms with Gasteiger partial charge in [0.25, 0.3) is 5.91 Å². The molecule has 1 aliphatic rings. The SMILES string of the molecule is CCCC(Cc1ccccc1)NC(=O)c1ccn(C2CCCNC2)n1. The summed E-state index contributed by atoms with van der Waals surface area (Å²) in [7, 11) is 0. The molecule has 2 atom stereocenters. The molecule has 2 aromatic rings. The van der Waals surface area contributed by atoms with Gasteiger partial charge in [0.05, 0.1) is 6.04 Å². The van der Waals surface area contributed by atoms with Crippen molar-refractivity contribution in [2.45, 2.75) is 51.1 Å². The molecule has 0 radical (unpaired) electrons. The summed E-state index contributed by atoms with van der Waals surface area (Å²) in [6.07, 6.45) is 7.06. The molecular weight excluding hydrogens is 312 g/mol. The minimum absolute atomic E-state index is 0.0723. The minimum atomic E-state index is -0.0723. The van der Waals surface area contributed by atoms with Gasteiger partial charge in [0.2, 0.25) is 0 Å². The summed E-state index contributed by atoms with van der Waals surface area (Å²) in [6, 6.07) is 12.6. The third-order valence-corrected chi connectivity index (χ3v) is 4.78. The first-order valence-electron chi connectivity index (χ1n) is 9.37. The Balaban J connectivity index is 1.61. The third-order valence-electron chi connectivity index (χ3n) is 4.78. The van der Waals surface area contributed by atoms with E-state index in [-0.39, 0.29) is 11.9 Å². The second kappa shape index (κ2) is 8.81. The van der Waals surface area contributed by atoms with E-state index in [1.807, 2.05) is 35.1 Å². The number of nitrogens with zero attached hydrogens (tertiary/aromatic N) is 2. The van der Waals surface area contributed by atoms with Gasteiger partial charge in [0.15, 0.2) is 0 Å². The first kappa shape index (κ1) is 17.7. The minimum Gasteiger partial charge on any atom is -0.348 e. The van der Waals surface area contributed by atoms with Crippen molar-refractivity contribution in [2.24, 2.45) is 0 Å². The Kier molecular flexibility index (Phi) is 6.23. The normalized spacial score (nSPS) is 18.7. The zero-order valence-electron chi connectivity index (χ0n) is 14.9. The Labute approximate surface area is 149 Å². The second-order valence-corrected chi connectivity index (χ2v) is 6.83. The van der Waals surface area contributed by atoms with Gasteiger partial charge in [-0.25, -0.2) is 0 Å². The van der Waals surface area contributed by atoms with E-state index in [4.69, 9.17) is 0 Å². The van der Waals surface area contributed by atoms with E-state index in [0.29, 0.717) is 11.7 Å². The summed E-state index contributed by atoms with van der Waals surface area (Å²) in [4.78, 5) is 12.6. The van der Waals surface area contributed by atoms with Gasteiger partial charge in [-0.15, -0.1) is 0 Å². The van der Waals surface area contributed by atoms with E-state index in [1.54, 1.807) is 0 Å². The number of amides is 1. The van der Waals surface area contributed by atoms with Crippen LogP contribution in [-0.2, 0) is 6.42 Å². The van der Waals surface area contributed by atoms with Gasteiger partial charge >= 0.3 is 0 Å². The standard InChI is InChI=1S/C20H28N4O/c1-2-7-17(14-16-8-4-3-5-9-16)22-20(25)19-11-13-24(23-19)18-10-6-12-21-15-18/h3-5,8-9,11,13,17-18,21H,2,6-7,10,12,14-15H2,1H3,(H,22,25). The lowest BCUT2D eigenvalue weighted by atomic mass is 10.0. The molecule has 134 valence electrons. The molecule has 5 nitrogen and oxygen atoms in total. The Morgan fingerprint density at radius 1 is 1.36 bits per heavy atom. The fourth-order valence-corrected chi connectivity index (χ4v) is 3.45. The van der Waals surface area contributed by atoms with Gasteiger partial charge in [0, 0.05) is 18.8 Å². The third kappa shape index (κ3) is 4.92. The zero-order chi connectivity index (χ0) is 17.5. The lowest BCUT2D eigenvalue weighted by molar-refractivity contribution is 0.0928. The highest BCUT2D eigenvalue weighted by Gasteiger charge is 2.19. The molecule has 2 N–H and O–H groups in total. The fourth-order valence-electron chi connectivity index (χ4n) is 3.45. The van der Waals surface area contributed by atoms with Crippen molar-refractivity contribution in [1.29, 1.82) is 0 Å². The summed E-state index contributed by atoms with van der Waals surface area (Å²) in [6.45, 7) is 4.15. The molecule has 25 heavy (non-hydrogen) atoms. The van der Waals surface area contributed by atoms with Crippen LogP contribution < -0.4 is 10.6 Å². The molecule has 1 fully saturated rings. The monoisotopic (exact) mass is 340 g/mol. The quantitative estimate of drug-likeness (QED) is 0.815. The molecule has 1 amide bonds. The average Bonchev–Trinajstić information content (AvgIpc) is 3.14. The van der Waals surface area contributed by atoms with Crippen molar-refractivity contribution in [1.82, 2.24) is 20.4 Å². The molecule has 5 heteroatoms. The van der Waals surface area contributed by atoms with Crippen molar-refractivity contribution in [3.63, 3.8) is 0 Å². The molecule has 3 rings (SSSR count). The van der Waals surface area contributed by atoms with Crippen LogP contribution in [0.25, 0.3) is 0 Å². The molecule has 0 spiro atoms. The van der Waals surface area contributed by atoms with Crippen LogP contribution in [0.1, 0.15) is 54.7 Å². The highest BCUT2D eigenvalue weighted by molar-refractivity contribution is 5.92. The maximum atomic E-state index is 12.6. The fraction of sp³-hybridized carbons (Fsp3) is 0.500. The van der Waals surface area contributed by atoms with Crippen molar-refractivity contribution >= 4 is 5.91 Å². The summed E-state index contributed by atoms with van der Waals surface area (Å²) in [5.74, 6) is -0.0723. The number of hydrogen-bond acceptors (Lipinski definition) is 3. The Bertz CT molecular complexity index is 661. The van der Waals surface area contributed by atoms with Crippen molar-refractivity contribution in [2.75, 3.05) is 13.1 Å². The molecule has 0 saturated carbocycles. The molecule has 2 heterocycles. The van der Waals surface area contributed by atoms with Crippen LogP contribution in [0.3, 0.4) is 0 Å². The Morgan fingerprint density at radius 3 is 2.92 bits per heavy atom. The van der Waals surface area contributed by atoms with E-state index in [1.165, 1.54) is 5.56 Å². The highest BCUT2D eigenvalue weighted by atomic mass is 16.2. The molecule has 0 aliphatic carbocycles. The Hall–Kier alpha value is -2.14. The predicted molar refractivity (Wildman–Crippen MR) is 99.7 cm³/mol. The highest BCUT2D eigenvalue weighted by Crippen LogP contribution is 2.16. The lowest BCUT2D eigenvalue weighted by Gasteiger charge is -2.23. The van der Waals surface area contributed by atoms with E-state index in [9.17, 15) is 4.79 Å². The topological polar surface area (TPSA) is 59.0 Å². The number of rotatable bonds is 7. The summed E-state index contributed by atoms with van der Waals surface area (Å²) >= 11 is 0. The number of benzene rings is 1. The average molecular weight is 340 g/mol. The summed E-state index contributed by atoms with van der Waals surface area (Å²) < 4.78 is 1.94. The molecule has 0 bridgehead atoms. The number of piperidine rings is 1. The van der Waals surface area contributed by atoms with Crippen molar-refractivity contribution in [3.05, 3.63) is 53.9 Å². The van der Waals surface area contributed by atoms with Crippen LogP contribution in [0, 0.1) is 0 Å². The summed E-state index contributed by atoms with van der Waals surface area (Å²) in [5.41, 5.74) is 1.76. The first-order valence-corrected chi connectivity index (χ1v) is 9.37. The van der Waals surface area contributed by atoms with Crippen LogP contribution >= 0.6 is 0 Å². The van der Waals surface area contributed by atoms with E-state index in [0.717, 1.165) is 45.2 Å². The first-order chi connectivity index (χ1) is 12.3. The van der Waals surface area contributed by atoms with Crippen LogP contribution in [0.2, 0.25) is 0 Å². The summed E-state index contributed by atoms with van der Waals surface area (Å²) in [5, 5.41) is 11.1. The maximum absolute atomic E-state index is 12.6. The van der Waals surface area contributed by atoms with E-state index in [2.05, 4.69) is 34.8 Å². The van der Waals surface area contributed by atoms with Gasteiger partial charge in [0.1, 0.15) is 5.69 Å². The number of hydrogen-bond donors (Lipinski definition) is 2. The van der Waals surface area contributed by atoms with Gasteiger partial charge in [-0.3, -0.25) is 9.48 Å². The molecule has 1 aliphatic heterocycles. The number of nitrogens with one attached hydrogen (secondary N) is 2. The molecule has 1 aromatic heterocycles. The van der Waals surface area contributed by atoms with Crippen molar-refractivity contribution in [3.8, 4) is 0 Å². The number of carbonyl (C=O) groups is 1. The number of aromatic nitrogens is 2. The van der Waals surface area contributed by atoms with Gasteiger partial charge in [-0.2, -0.15) is 5.10 Å². The predicted octanol–water partition coefficient (Wildman–Crippen LogP) is 2.95. The van der Waals surface area contributed by atoms with Gasteiger partial charge in [-0.1, -0.05) is 43.7 Å². The van der Waals surface area contributed by atoms with Gasteiger partial charge < -0.3 is 10.6 Å². The van der Waals surface area contributed by atoms with Gasteiger partial charge in [-0.05, 0) is 43.9 Å². The van der Waals surface area contributed by atoms with Crippen LogP contribution in [0.4, 0.5) is 0 Å². The molecular formula is C20H28N4O. The largest absolute Gasteiger partial charge is 0.348 e. The van der Waals surface area contributed by atoms with E-state index >= 15 is 0 Å². The maximum Gasteiger partial charge on any atom is 0.272 e. The number of carbonyl (C=O) groups excluding carboxylic acids is 1. The lowest BCUT2D eigenvalue weighted by Crippen LogP contribution is -2.37. The Morgan fingerprint density at radius 2 is 2.20 bits per heavy atom. The van der Waals surface area contributed by atoms with Crippen LogP contribution in [0.15, 0.2) is 42.6 Å². The zero-order valence-corrected chi connectivity index (χ0v) is 14.9. The molecule has 2 unspecified atom stereocenters. The van der Waals surface area contributed by atoms with Crippen LogP contribution in [-0.4, -0.2) is 34.8 Å². The van der Waals surface area contributed by atoms with Crippen molar-refractivity contribution < 1.29 is 4.79 Å². The van der Waals surface area contributed by atoms with Crippen LogP contribution in [0.5, 0.6) is 0 Å². The van der Waals surface area contributed by atoms with E-state index < -0.39 is 0 Å². The second-order valence-electron chi connectivity index (χ2n) is 6.83. The molecule has 1 saturated heterocycles. The smallest absolute Gasteiger partial charge is 0.272 e.